The molecule has 0 saturated carbocycles. The molecule has 0 bridgehead atoms. The van der Waals surface area contributed by atoms with Gasteiger partial charge in [0.15, 0.2) is 0 Å². The van der Waals surface area contributed by atoms with E-state index in [4.69, 9.17) is 5.73 Å². The zero-order valence-corrected chi connectivity index (χ0v) is 12.0. The van der Waals surface area contributed by atoms with Crippen LogP contribution in [0.2, 0.25) is 0 Å². The van der Waals surface area contributed by atoms with Gasteiger partial charge in [-0.3, -0.25) is 4.98 Å². The predicted molar refractivity (Wildman–Crippen MR) is 83.5 cm³/mol. The number of pyridine rings is 1. The fraction of sp³-hybridized carbons (Fsp3) is 0. The lowest BCUT2D eigenvalue weighted by molar-refractivity contribution is 0.631. The van der Waals surface area contributed by atoms with Gasteiger partial charge in [0.1, 0.15) is 5.82 Å². The number of nitrogens with zero attached hydrogens (tertiary/aromatic N) is 1. The number of anilines is 3. The number of aromatic nitrogens is 1. The number of fused-ring (bicyclic) bond motifs is 1. The highest BCUT2D eigenvalue weighted by Crippen LogP contribution is 2.31. The van der Waals surface area contributed by atoms with Gasteiger partial charge >= 0.3 is 0 Å². The molecule has 0 saturated heterocycles. The first-order chi connectivity index (χ1) is 9.65. The Bertz CT molecular complexity index is 789. The number of halogens is 2. The molecule has 0 amide bonds. The summed E-state index contributed by atoms with van der Waals surface area (Å²) < 4.78 is 14.6. The van der Waals surface area contributed by atoms with Crippen molar-refractivity contribution in [3.05, 3.63) is 59.0 Å². The molecule has 20 heavy (non-hydrogen) atoms. The van der Waals surface area contributed by atoms with Gasteiger partial charge in [-0.05, 0) is 42.5 Å². The zero-order valence-electron chi connectivity index (χ0n) is 10.4. The Kier molecular flexibility index (Phi) is 3.28. The highest BCUT2D eigenvalue weighted by molar-refractivity contribution is 9.10. The number of nitrogens with two attached hydrogens (primary N) is 1. The minimum atomic E-state index is -0.334. The first-order valence-corrected chi connectivity index (χ1v) is 6.80. The number of benzene rings is 2. The molecule has 0 spiro atoms. The molecule has 0 fully saturated rings. The van der Waals surface area contributed by atoms with Gasteiger partial charge in [0.05, 0.1) is 22.6 Å². The number of hydrogen-bond donors (Lipinski definition) is 2. The first-order valence-electron chi connectivity index (χ1n) is 6.00. The molecular formula is C15H11BrFN3. The third-order valence-electron chi connectivity index (χ3n) is 3.02. The molecule has 1 aromatic heterocycles. The van der Waals surface area contributed by atoms with Gasteiger partial charge in [0.2, 0.25) is 0 Å². The van der Waals surface area contributed by atoms with Gasteiger partial charge in [0.25, 0.3) is 0 Å². The zero-order chi connectivity index (χ0) is 14.1. The quantitative estimate of drug-likeness (QED) is 0.681. The summed E-state index contributed by atoms with van der Waals surface area (Å²) in [5.41, 5.74) is 8.50. The van der Waals surface area contributed by atoms with E-state index in [1.54, 1.807) is 24.4 Å². The van der Waals surface area contributed by atoms with Crippen LogP contribution in [0.1, 0.15) is 0 Å². The minimum absolute atomic E-state index is 0.334. The van der Waals surface area contributed by atoms with Crippen LogP contribution < -0.4 is 11.1 Å². The maximum atomic E-state index is 13.8. The van der Waals surface area contributed by atoms with Crippen LogP contribution in [0.25, 0.3) is 10.9 Å². The summed E-state index contributed by atoms with van der Waals surface area (Å²) in [6, 6.07) is 12.1. The highest BCUT2D eigenvalue weighted by atomic mass is 79.9. The fourth-order valence-corrected chi connectivity index (χ4v) is 2.38. The van der Waals surface area contributed by atoms with Gasteiger partial charge in [0, 0.05) is 16.1 Å². The van der Waals surface area contributed by atoms with E-state index in [0.29, 0.717) is 17.1 Å². The van der Waals surface area contributed by atoms with Crippen LogP contribution in [0.4, 0.5) is 21.5 Å². The normalized spacial score (nSPS) is 10.7. The van der Waals surface area contributed by atoms with Gasteiger partial charge in [-0.25, -0.2) is 4.39 Å². The van der Waals surface area contributed by atoms with Crippen molar-refractivity contribution in [2.75, 3.05) is 11.1 Å². The Labute approximate surface area is 123 Å². The fourth-order valence-electron chi connectivity index (χ4n) is 2.02. The Morgan fingerprint density at radius 1 is 1.10 bits per heavy atom. The summed E-state index contributed by atoms with van der Waals surface area (Å²) in [4.78, 5) is 4.23. The molecular weight excluding hydrogens is 321 g/mol. The molecule has 1 heterocycles. The van der Waals surface area contributed by atoms with E-state index in [1.165, 1.54) is 6.07 Å². The summed E-state index contributed by atoms with van der Waals surface area (Å²) in [5, 5.41) is 3.86. The number of hydrogen-bond acceptors (Lipinski definition) is 3. The van der Waals surface area contributed by atoms with E-state index in [0.717, 1.165) is 15.4 Å². The van der Waals surface area contributed by atoms with Crippen molar-refractivity contribution >= 4 is 43.9 Å². The van der Waals surface area contributed by atoms with E-state index < -0.39 is 0 Å². The first kappa shape index (κ1) is 12.9. The summed E-state index contributed by atoms with van der Waals surface area (Å²) in [5.74, 6) is -0.334. The van der Waals surface area contributed by atoms with Gasteiger partial charge in [-0.2, -0.15) is 0 Å². The van der Waals surface area contributed by atoms with Crippen molar-refractivity contribution in [3.63, 3.8) is 0 Å². The number of nitrogens with one attached hydrogen (secondary N) is 1. The van der Waals surface area contributed by atoms with Crippen molar-refractivity contribution in [1.29, 1.82) is 0 Å². The molecule has 0 aliphatic rings. The Morgan fingerprint density at radius 3 is 2.80 bits per heavy atom. The minimum Gasteiger partial charge on any atom is -0.396 e. The Balaban J connectivity index is 2.07. The maximum absolute atomic E-state index is 13.8. The molecule has 0 radical (unpaired) electrons. The van der Waals surface area contributed by atoms with Crippen LogP contribution in [0, 0.1) is 5.82 Å². The molecule has 3 aromatic rings. The summed E-state index contributed by atoms with van der Waals surface area (Å²) in [6.45, 7) is 0. The molecule has 2 aromatic carbocycles. The molecule has 100 valence electrons. The van der Waals surface area contributed by atoms with Crippen molar-refractivity contribution in [2.24, 2.45) is 0 Å². The molecule has 5 heteroatoms. The number of nitrogen functional groups attached to an aromatic ring is 1. The van der Waals surface area contributed by atoms with E-state index >= 15 is 0 Å². The molecule has 3 nitrogen and oxygen atoms in total. The maximum Gasteiger partial charge on any atom is 0.146 e. The lowest BCUT2D eigenvalue weighted by atomic mass is 10.1. The average Bonchev–Trinajstić information content (AvgIpc) is 2.46. The van der Waals surface area contributed by atoms with Crippen LogP contribution in [0.3, 0.4) is 0 Å². The van der Waals surface area contributed by atoms with Crippen molar-refractivity contribution in [2.45, 2.75) is 0 Å². The van der Waals surface area contributed by atoms with Crippen molar-refractivity contribution < 1.29 is 4.39 Å². The summed E-state index contributed by atoms with van der Waals surface area (Å²) in [7, 11) is 0. The lowest BCUT2D eigenvalue weighted by Gasteiger charge is -2.12. The summed E-state index contributed by atoms with van der Waals surface area (Å²) in [6.07, 6.45) is 1.71. The molecule has 0 aliphatic carbocycles. The molecule has 0 aliphatic heterocycles. The van der Waals surface area contributed by atoms with E-state index in [9.17, 15) is 4.39 Å². The lowest BCUT2D eigenvalue weighted by Crippen LogP contribution is -1.99. The monoisotopic (exact) mass is 331 g/mol. The standard InChI is InChI=1S/C15H11BrFN3/c16-9-3-4-11(17)14(8-9)20-13-6-5-12-10(15(13)18)2-1-7-19-12/h1-8,20H,18H2. The Morgan fingerprint density at radius 2 is 1.95 bits per heavy atom. The molecule has 0 atom stereocenters. The van der Waals surface area contributed by atoms with E-state index in [2.05, 4.69) is 26.2 Å². The van der Waals surface area contributed by atoms with Crippen LogP contribution in [-0.2, 0) is 0 Å². The molecule has 3 N–H and O–H groups in total. The van der Waals surface area contributed by atoms with Gasteiger partial charge in [-0.1, -0.05) is 15.9 Å². The van der Waals surface area contributed by atoms with E-state index in [-0.39, 0.29) is 5.82 Å². The van der Waals surface area contributed by atoms with Crippen LogP contribution in [-0.4, -0.2) is 4.98 Å². The third kappa shape index (κ3) is 2.32. The van der Waals surface area contributed by atoms with Crippen LogP contribution in [0.15, 0.2) is 53.1 Å². The predicted octanol–water partition coefficient (Wildman–Crippen LogP) is 4.46. The van der Waals surface area contributed by atoms with Crippen LogP contribution in [0.5, 0.6) is 0 Å². The highest BCUT2D eigenvalue weighted by Gasteiger charge is 2.08. The van der Waals surface area contributed by atoms with E-state index in [1.807, 2.05) is 18.2 Å². The second-order valence-corrected chi connectivity index (χ2v) is 5.26. The molecule has 0 unspecified atom stereocenters. The van der Waals surface area contributed by atoms with Crippen molar-refractivity contribution in [1.82, 2.24) is 4.98 Å². The summed E-state index contributed by atoms with van der Waals surface area (Å²) >= 11 is 3.32. The topological polar surface area (TPSA) is 50.9 Å². The van der Waals surface area contributed by atoms with Gasteiger partial charge in [-0.15, -0.1) is 0 Å². The van der Waals surface area contributed by atoms with Crippen molar-refractivity contribution in [3.8, 4) is 0 Å². The smallest absolute Gasteiger partial charge is 0.146 e. The number of rotatable bonds is 2. The second kappa shape index (κ2) is 5.09. The third-order valence-corrected chi connectivity index (χ3v) is 3.52. The van der Waals surface area contributed by atoms with Gasteiger partial charge < -0.3 is 11.1 Å². The second-order valence-electron chi connectivity index (χ2n) is 4.35. The Hall–Kier alpha value is -2.14. The largest absolute Gasteiger partial charge is 0.396 e. The molecule has 3 rings (SSSR count). The average molecular weight is 332 g/mol. The van der Waals surface area contributed by atoms with Crippen LogP contribution >= 0.6 is 15.9 Å². The SMILES string of the molecule is Nc1c(Nc2cc(Br)ccc2F)ccc2ncccc12.